The Labute approximate surface area is 263 Å². The van der Waals surface area contributed by atoms with Crippen LogP contribution in [0.15, 0.2) is 53.7 Å². The van der Waals surface area contributed by atoms with Gasteiger partial charge in [-0.25, -0.2) is 4.39 Å². The normalized spacial score (nSPS) is 20.1. The molecule has 3 aliphatic rings. The molecule has 3 fully saturated rings. The number of hydrogen-bond donors (Lipinski definition) is 3. The SMILES string of the molecule is Cc1cc(C(NCc2c[nH]c3cc(N4CCC(O)CC4)c(F)cc3c2=O)[C@H]2CCCN(c3cnc(C)c(C4CC4)c3)C2)ccn1. The molecule has 2 atom stereocenters. The van der Waals surface area contributed by atoms with E-state index in [0.29, 0.717) is 66.5 Å². The third kappa shape index (κ3) is 6.33. The Bertz CT molecular complexity index is 1750. The van der Waals surface area contributed by atoms with Crippen molar-refractivity contribution in [2.45, 2.75) is 77.0 Å². The zero-order valence-electron chi connectivity index (χ0n) is 26.2. The first kappa shape index (κ1) is 29.9. The van der Waals surface area contributed by atoms with Crippen molar-refractivity contribution in [1.29, 1.82) is 0 Å². The highest BCUT2D eigenvalue weighted by molar-refractivity contribution is 5.83. The lowest BCUT2D eigenvalue weighted by Crippen LogP contribution is -2.42. The number of nitrogens with one attached hydrogen (secondary N) is 2. The van der Waals surface area contributed by atoms with E-state index in [0.717, 1.165) is 42.9 Å². The summed E-state index contributed by atoms with van der Waals surface area (Å²) in [7, 11) is 0. The maximum atomic E-state index is 15.3. The van der Waals surface area contributed by atoms with Gasteiger partial charge in [0.2, 0.25) is 0 Å². The van der Waals surface area contributed by atoms with Crippen LogP contribution in [0, 0.1) is 25.6 Å². The van der Waals surface area contributed by atoms with Gasteiger partial charge in [0, 0.05) is 73.5 Å². The number of piperidine rings is 2. The number of aliphatic hydroxyl groups is 1. The number of H-pyrrole nitrogens is 1. The van der Waals surface area contributed by atoms with Crippen molar-refractivity contribution in [3.63, 3.8) is 0 Å². The second-order valence-corrected chi connectivity index (χ2v) is 13.3. The van der Waals surface area contributed by atoms with Gasteiger partial charge in [0.05, 0.1) is 29.2 Å². The van der Waals surface area contributed by atoms with Gasteiger partial charge in [-0.2, -0.15) is 0 Å². The first-order valence-corrected chi connectivity index (χ1v) is 16.5. The number of fused-ring (bicyclic) bond motifs is 1. The number of benzene rings is 1. The summed E-state index contributed by atoms with van der Waals surface area (Å²) >= 11 is 0. The number of aryl methyl sites for hydroxylation is 2. The zero-order valence-corrected chi connectivity index (χ0v) is 26.2. The molecule has 0 spiro atoms. The summed E-state index contributed by atoms with van der Waals surface area (Å²) in [6.45, 7) is 7.56. The van der Waals surface area contributed by atoms with Crippen molar-refractivity contribution in [3.8, 4) is 0 Å². The minimum atomic E-state index is -0.405. The van der Waals surface area contributed by atoms with Crippen LogP contribution in [0.4, 0.5) is 15.8 Å². The van der Waals surface area contributed by atoms with E-state index in [1.807, 2.05) is 24.2 Å². The van der Waals surface area contributed by atoms with Crippen molar-refractivity contribution in [2.75, 3.05) is 36.0 Å². The number of nitrogens with zero attached hydrogens (tertiary/aromatic N) is 4. The summed E-state index contributed by atoms with van der Waals surface area (Å²) in [5.41, 5.74) is 7.36. The van der Waals surface area contributed by atoms with Crippen LogP contribution in [-0.2, 0) is 6.54 Å². The lowest BCUT2D eigenvalue weighted by atomic mass is 9.86. The van der Waals surface area contributed by atoms with Crippen LogP contribution < -0.4 is 20.5 Å². The van der Waals surface area contributed by atoms with E-state index < -0.39 is 5.82 Å². The van der Waals surface area contributed by atoms with Crippen molar-refractivity contribution >= 4 is 22.3 Å². The maximum absolute atomic E-state index is 15.3. The smallest absolute Gasteiger partial charge is 0.193 e. The molecule has 45 heavy (non-hydrogen) atoms. The van der Waals surface area contributed by atoms with Crippen LogP contribution in [0.1, 0.15) is 78.6 Å². The minimum Gasteiger partial charge on any atom is -0.393 e. The molecule has 7 rings (SSSR count). The van der Waals surface area contributed by atoms with Crippen molar-refractivity contribution in [3.05, 3.63) is 93.0 Å². The molecule has 2 saturated heterocycles. The van der Waals surface area contributed by atoms with Gasteiger partial charge in [0.15, 0.2) is 5.43 Å². The lowest BCUT2D eigenvalue weighted by molar-refractivity contribution is 0.145. The molecule has 4 aromatic rings. The maximum Gasteiger partial charge on any atom is 0.193 e. The van der Waals surface area contributed by atoms with E-state index in [1.165, 1.54) is 30.2 Å². The Kier molecular flexibility index (Phi) is 8.31. The van der Waals surface area contributed by atoms with Crippen molar-refractivity contribution < 1.29 is 9.50 Å². The molecular formula is C36H43FN6O2. The highest BCUT2D eigenvalue weighted by atomic mass is 19.1. The summed E-state index contributed by atoms with van der Waals surface area (Å²) in [6.07, 6.45) is 11.2. The van der Waals surface area contributed by atoms with Crippen LogP contribution in [0.2, 0.25) is 0 Å². The molecule has 1 unspecified atom stereocenters. The highest BCUT2D eigenvalue weighted by Crippen LogP contribution is 2.42. The topological polar surface area (TPSA) is 97.4 Å². The van der Waals surface area contributed by atoms with Gasteiger partial charge in [-0.05, 0) is 106 Å². The molecular weight excluding hydrogens is 567 g/mol. The minimum absolute atomic E-state index is 0.0134. The number of anilines is 2. The third-order valence-electron chi connectivity index (χ3n) is 10.0. The monoisotopic (exact) mass is 610 g/mol. The molecule has 2 aliphatic heterocycles. The van der Waals surface area contributed by atoms with Crippen LogP contribution >= 0.6 is 0 Å². The molecule has 236 valence electrons. The number of rotatable bonds is 8. The first-order chi connectivity index (χ1) is 21.8. The lowest BCUT2D eigenvalue weighted by Gasteiger charge is -2.39. The van der Waals surface area contributed by atoms with Crippen LogP contribution in [0.5, 0.6) is 0 Å². The first-order valence-electron chi connectivity index (χ1n) is 16.5. The fraction of sp³-hybridized carbons (Fsp3) is 0.472. The van der Waals surface area contributed by atoms with Crippen LogP contribution in [0.3, 0.4) is 0 Å². The molecule has 0 radical (unpaired) electrons. The fourth-order valence-electron chi connectivity index (χ4n) is 7.33. The second-order valence-electron chi connectivity index (χ2n) is 13.3. The van der Waals surface area contributed by atoms with Crippen LogP contribution in [-0.4, -0.2) is 52.3 Å². The van der Waals surface area contributed by atoms with Gasteiger partial charge in [0.1, 0.15) is 5.82 Å². The molecule has 5 heterocycles. The molecule has 0 bridgehead atoms. The Morgan fingerprint density at radius 1 is 1.04 bits per heavy atom. The highest BCUT2D eigenvalue weighted by Gasteiger charge is 2.31. The van der Waals surface area contributed by atoms with Crippen molar-refractivity contribution in [1.82, 2.24) is 20.3 Å². The Morgan fingerprint density at radius 2 is 1.87 bits per heavy atom. The average molecular weight is 611 g/mol. The van der Waals surface area contributed by atoms with Gasteiger partial charge in [-0.3, -0.25) is 14.8 Å². The van der Waals surface area contributed by atoms with Gasteiger partial charge >= 0.3 is 0 Å². The second kappa shape index (κ2) is 12.5. The van der Waals surface area contributed by atoms with Gasteiger partial charge in [0.25, 0.3) is 0 Å². The fourth-order valence-corrected chi connectivity index (χ4v) is 7.33. The number of aliphatic hydroxyl groups excluding tert-OH is 1. The Balaban J connectivity index is 1.13. The number of halogens is 1. The van der Waals surface area contributed by atoms with E-state index in [4.69, 9.17) is 4.98 Å². The summed E-state index contributed by atoms with van der Waals surface area (Å²) in [5, 5.41) is 14.0. The number of aromatic amines is 1. The quantitative estimate of drug-likeness (QED) is 0.237. The molecule has 1 saturated carbocycles. The van der Waals surface area contributed by atoms with E-state index in [9.17, 15) is 9.90 Å². The Morgan fingerprint density at radius 3 is 2.64 bits per heavy atom. The zero-order chi connectivity index (χ0) is 31.1. The van der Waals surface area contributed by atoms with E-state index in [-0.39, 0.29) is 17.6 Å². The van der Waals surface area contributed by atoms with Gasteiger partial charge in [-0.15, -0.1) is 0 Å². The molecule has 1 aromatic carbocycles. The predicted molar refractivity (Wildman–Crippen MR) is 176 cm³/mol. The summed E-state index contributed by atoms with van der Waals surface area (Å²) in [4.78, 5) is 30.5. The molecule has 3 N–H and O–H groups in total. The van der Waals surface area contributed by atoms with Crippen molar-refractivity contribution in [2.24, 2.45) is 5.92 Å². The van der Waals surface area contributed by atoms with Gasteiger partial charge in [-0.1, -0.05) is 0 Å². The summed E-state index contributed by atoms with van der Waals surface area (Å²) in [5.74, 6) is 0.567. The Hall–Kier alpha value is -3.82. The number of pyridine rings is 3. The average Bonchev–Trinajstić information content (AvgIpc) is 3.89. The predicted octanol–water partition coefficient (Wildman–Crippen LogP) is 5.66. The van der Waals surface area contributed by atoms with Crippen LogP contribution in [0.25, 0.3) is 10.9 Å². The van der Waals surface area contributed by atoms with E-state index >= 15 is 4.39 Å². The standard InChI is InChI=1S/C36H43FN6O2/c1-22-14-25(7-10-38-22)35(26-4-3-11-43(21-26)28-15-30(24-5-6-24)23(2)39-20-28)41-19-27-18-40-33-17-34(32(37)16-31(33)36(27)45)42-12-8-29(44)9-13-42/h7,10,14-18,20,24,26,29,35,41,44H,3-6,8-9,11-13,19,21H2,1-2H3,(H,40,45)/t26-,35?/m0/s1. The molecule has 9 heteroatoms. The molecule has 1 aliphatic carbocycles. The largest absolute Gasteiger partial charge is 0.393 e. The molecule has 8 nitrogen and oxygen atoms in total. The molecule has 0 amide bonds. The number of aromatic nitrogens is 3. The number of hydrogen-bond acceptors (Lipinski definition) is 7. The molecule has 3 aromatic heterocycles. The van der Waals surface area contributed by atoms with E-state index in [2.05, 4.69) is 45.3 Å². The van der Waals surface area contributed by atoms with E-state index in [1.54, 1.807) is 12.3 Å². The third-order valence-corrected chi connectivity index (χ3v) is 10.0. The summed E-state index contributed by atoms with van der Waals surface area (Å²) < 4.78 is 15.3. The summed E-state index contributed by atoms with van der Waals surface area (Å²) in [6, 6.07) is 9.68. The van der Waals surface area contributed by atoms with Gasteiger partial charge < -0.3 is 25.2 Å².